The summed E-state index contributed by atoms with van der Waals surface area (Å²) in [4.78, 5) is 0. The van der Waals surface area contributed by atoms with Gasteiger partial charge in [0.1, 0.15) is 0 Å². The Morgan fingerprint density at radius 2 is 0.833 bits per heavy atom. The molecule has 8 nitrogen and oxygen atoms in total. The number of unbranched alkanes of at least 4 members (excludes halogenated alkanes) is 18. The van der Waals surface area contributed by atoms with E-state index in [4.69, 9.17) is 17.5 Å². The van der Waals surface area contributed by atoms with Crippen LogP contribution in [0.25, 0.3) is 0 Å². The third kappa shape index (κ3) is 70.5. The molecule has 0 fully saturated rings. The minimum absolute atomic E-state index is 0. The van der Waals surface area contributed by atoms with Gasteiger partial charge in [-0.3, -0.25) is 13.3 Å². The molecule has 0 amide bonds. The van der Waals surface area contributed by atoms with Gasteiger partial charge in [-0.05, 0) is 6.42 Å². The van der Waals surface area contributed by atoms with E-state index in [1.54, 1.807) is 0 Å². The molecule has 0 unspecified atom stereocenters. The van der Waals surface area contributed by atoms with Gasteiger partial charge in [0.2, 0.25) is 10.4 Å². The Labute approximate surface area is 268 Å². The summed E-state index contributed by atoms with van der Waals surface area (Å²) >= 11 is 0. The molecule has 0 aliphatic rings. The van der Waals surface area contributed by atoms with Crippen molar-refractivity contribution in [2.24, 2.45) is 0 Å². The molecule has 36 heavy (non-hydrogen) atoms. The average Bonchev–Trinajstić information content (AvgIpc) is 2.72. The average molecular weight is 579 g/mol. The van der Waals surface area contributed by atoms with Crippen LogP contribution in [0.1, 0.15) is 142 Å². The smallest absolute Gasteiger partial charge is 0.726 e. The Bertz CT molecular complexity index is 571. The normalized spacial score (nSPS) is 10.7. The topological polar surface area (TPSA) is 141 Å². The van der Waals surface area contributed by atoms with Crippen LogP contribution in [0.2, 0.25) is 0 Å². The minimum Gasteiger partial charge on any atom is -0.726 e. The number of hydrogen-bond donors (Lipinski definition) is 2. The van der Waals surface area contributed by atoms with E-state index >= 15 is 0 Å². The van der Waals surface area contributed by atoms with Gasteiger partial charge in [-0.25, -0.2) is 8.42 Å². The summed E-state index contributed by atoms with van der Waals surface area (Å²) in [6.07, 6.45) is 25.6. The molecule has 0 aliphatic carbocycles. The Morgan fingerprint density at radius 1 is 0.583 bits per heavy atom. The standard InChI is InChI=1S/C12H26O4S.C12H25.2Na.H2O4S/c1-2-3-4-5-6-7-8-9-10-11-12-16-17(13,14)15;1-3-5-7-9-11-12-10-8-6-4-2;;;1-5(2,3)4/h2-12H2,1H3,(H,13,14,15);1,3-12H2,2H3;;;(H2,1,2,3,4)/q;-1;2*+1;/p-1. The van der Waals surface area contributed by atoms with E-state index in [1.807, 2.05) is 0 Å². The van der Waals surface area contributed by atoms with Crippen LogP contribution >= 0.6 is 0 Å². The molecule has 0 atom stereocenters. The molecule has 2 N–H and O–H groups in total. The summed E-state index contributed by atoms with van der Waals surface area (Å²) < 4.78 is 66.0. The first-order valence-corrected chi connectivity index (χ1v) is 15.8. The molecule has 0 aliphatic heterocycles. The van der Waals surface area contributed by atoms with Crippen LogP contribution in [0.3, 0.4) is 0 Å². The molecule has 0 saturated carbocycles. The van der Waals surface area contributed by atoms with Crippen molar-refractivity contribution < 1.29 is 93.8 Å². The summed E-state index contributed by atoms with van der Waals surface area (Å²) in [6, 6.07) is 0. The van der Waals surface area contributed by atoms with Gasteiger partial charge in [0.05, 0.1) is 6.61 Å². The quantitative estimate of drug-likeness (QED) is 0.0686. The van der Waals surface area contributed by atoms with Gasteiger partial charge in [-0.1, -0.05) is 129 Å². The molecular formula is C24H52Na2O8S2. The zero-order chi connectivity index (χ0) is 26.6. The van der Waals surface area contributed by atoms with Gasteiger partial charge in [0.25, 0.3) is 0 Å². The Morgan fingerprint density at radius 3 is 1.08 bits per heavy atom. The van der Waals surface area contributed by atoms with Crippen molar-refractivity contribution in [2.45, 2.75) is 142 Å². The first-order chi connectivity index (χ1) is 16.0. The van der Waals surface area contributed by atoms with Crippen molar-refractivity contribution >= 4 is 20.8 Å². The van der Waals surface area contributed by atoms with Crippen molar-refractivity contribution in [3.63, 3.8) is 0 Å². The third-order valence-corrected chi connectivity index (χ3v) is 5.53. The molecule has 0 rings (SSSR count). The van der Waals surface area contributed by atoms with Crippen LogP contribution in [0.15, 0.2) is 0 Å². The van der Waals surface area contributed by atoms with Crippen LogP contribution in [0, 0.1) is 6.92 Å². The molecule has 0 aromatic rings. The maximum absolute atomic E-state index is 10.1. The Balaban J connectivity index is -0.000000148. The maximum atomic E-state index is 10.1. The molecule has 0 aromatic carbocycles. The number of hydrogen-bond acceptors (Lipinski definition) is 6. The van der Waals surface area contributed by atoms with E-state index in [9.17, 15) is 13.0 Å². The third-order valence-electron chi connectivity index (χ3n) is 5.08. The van der Waals surface area contributed by atoms with E-state index in [0.717, 1.165) is 19.3 Å². The van der Waals surface area contributed by atoms with E-state index in [1.165, 1.54) is 103 Å². The van der Waals surface area contributed by atoms with Crippen molar-refractivity contribution in [3.05, 3.63) is 6.92 Å². The largest absolute Gasteiger partial charge is 1.00 e. The zero-order valence-electron chi connectivity index (χ0n) is 23.7. The van der Waals surface area contributed by atoms with E-state index < -0.39 is 20.8 Å². The van der Waals surface area contributed by atoms with E-state index in [-0.39, 0.29) is 65.7 Å². The summed E-state index contributed by atoms with van der Waals surface area (Å²) in [5, 5.41) is 0. The molecular weight excluding hydrogens is 526 g/mol. The van der Waals surface area contributed by atoms with Gasteiger partial charge in [0, 0.05) is 0 Å². The first kappa shape index (κ1) is 47.5. The van der Waals surface area contributed by atoms with Crippen LogP contribution in [-0.2, 0) is 25.0 Å². The maximum Gasteiger partial charge on any atom is 1.00 e. The first-order valence-electron chi connectivity index (χ1n) is 13.1. The van der Waals surface area contributed by atoms with Crippen molar-refractivity contribution in [1.29, 1.82) is 0 Å². The van der Waals surface area contributed by atoms with Gasteiger partial charge in [-0.2, -0.15) is 14.8 Å². The fourth-order valence-corrected chi connectivity index (χ4v) is 3.56. The molecule has 210 valence electrons. The predicted molar refractivity (Wildman–Crippen MR) is 139 cm³/mol. The van der Waals surface area contributed by atoms with Gasteiger partial charge in [0.15, 0.2) is 0 Å². The number of rotatable bonds is 21. The van der Waals surface area contributed by atoms with E-state index in [0.29, 0.717) is 6.42 Å². The predicted octanol–water partition coefficient (Wildman–Crippen LogP) is 1.48. The summed E-state index contributed by atoms with van der Waals surface area (Å²) in [5.41, 5.74) is 0. The van der Waals surface area contributed by atoms with Gasteiger partial charge < -0.3 is 11.5 Å². The summed E-state index contributed by atoms with van der Waals surface area (Å²) in [7, 11) is -9.15. The van der Waals surface area contributed by atoms with Crippen LogP contribution in [0.4, 0.5) is 0 Å². The Kier molecular flexibility index (Phi) is 48.5. The van der Waals surface area contributed by atoms with Gasteiger partial charge >= 0.3 is 69.5 Å². The zero-order valence-corrected chi connectivity index (χ0v) is 29.3. The second-order valence-corrected chi connectivity index (χ2v) is 10.5. The molecule has 0 bridgehead atoms. The SMILES string of the molecule is CCCCCCCCCCCCOS(=O)(=O)[O-].O=S(=O)(O)O.[CH2-]CCCCCCCCCCC.[Na+].[Na+]. The monoisotopic (exact) mass is 578 g/mol. The van der Waals surface area contributed by atoms with Crippen LogP contribution in [-0.4, -0.2) is 37.1 Å². The van der Waals surface area contributed by atoms with Gasteiger partial charge in [-0.15, -0.1) is 0 Å². The fourth-order valence-electron chi connectivity index (χ4n) is 3.24. The van der Waals surface area contributed by atoms with Crippen molar-refractivity contribution in [2.75, 3.05) is 6.61 Å². The summed E-state index contributed by atoms with van der Waals surface area (Å²) in [6.45, 7) is 8.36. The van der Waals surface area contributed by atoms with Crippen molar-refractivity contribution in [1.82, 2.24) is 0 Å². The molecule has 0 radical (unpaired) electrons. The molecule has 0 saturated heterocycles. The van der Waals surface area contributed by atoms with E-state index in [2.05, 4.69) is 25.0 Å². The molecule has 12 heteroatoms. The summed E-state index contributed by atoms with van der Waals surface area (Å²) in [5.74, 6) is 0. The molecule has 0 spiro atoms. The van der Waals surface area contributed by atoms with Crippen LogP contribution < -0.4 is 59.1 Å². The van der Waals surface area contributed by atoms with Crippen LogP contribution in [0.5, 0.6) is 0 Å². The van der Waals surface area contributed by atoms with Crippen molar-refractivity contribution in [3.8, 4) is 0 Å². The fraction of sp³-hybridized carbons (Fsp3) is 0.958. The molecule has 0 heterocycles. The molecule has 0 aromatic heterocycles. The second-order valence-electron chi connectivity index (χ2n) is 8.54. The second kappa shape index (κ2) is 36.7. The Hall–Kier alpha value is 1.74. The minimum atomic E-state index is -4.67.